The van der Waals surface area contributed by atoms with E-state index in [9.17, 15) is 0 Å². The minimum absolute atomic E-state index is 0.758. The summed E-state index contributed by atoms with van der Waals surface area (Å²) in [6, 6.07) is 75.4. The molecule has 0 aliphatic rings. The van der Waals surface area contributed by atoms with Gasteiger partial charge >= 0.3 is 0 Å². The molecule has 11 rings (SSSR count). The van der Waals surface area contributed by atoms with E-state index in [1.807, 2.05) is 0 Å². The van der Waals surface area contributed by atoms with Gasteiger partial charge in [-0.3, -0.25) is 0 Å². The van der Waals surface area contributed by atoms with Gasteiger partial charge in [-0.05, 0) is 78.4 Å². The Morgan fingerprint density at radius 2 is 0.611 bits per heavy atom. The second-order valence-electron chi connectivity index (χ2n) is 13.8. The predicted molar refractivity (Wildman–Crippen MR) is 231 cm³/mol. The number of fused-ring (bicyclic) bond motifs is 8. The number of nitrogens with zero attached hydrogens (tertiary/aromatic N) is 3. The van der Waals surface area contributed by atoms with Crippen LogP contribution < -0.4 is 15.9 Å². The summed E-state index contributed by atoms with van der Waals surface area (Å²) in [6.07, 6.45) is 0. The van der Waals surface area contributed by atoms with E-state index in [0.29, 0.717) is 0 Å². The standard InChI is InChI=1S/C50H34N3P/c1-3-20-38(21-4-1)54(39-22-5-2-6-23-39)40-24-16-19-37(34-40)53-48-32-14-10-28-44(48)49-50(53)43-27-9-13-31-47(43)52(49)36-18-15-17-35(33-36)51-45-29-11-7-25-41(45)42-26-8-12-30-46(42)51/h1-34H. The molecular formula is C50H34N3P. The van der Waals surface area contributed by atoms with Gasteiger partial charge < -0.3 is 13.7 Å². The SMILES string of the molecule is c1ccc(P(c2ccccc2)c2cccc(-n3c4ccccc4c4c3c3ccccc3n4-c3cccc(-n4c5ccccc5c5ccccc54)c3)c2)cc1. The zero-order chi connectivity index (χ0) is 35.6. The molecule has 8 aromatic carbocycles. The van der Waals surface area contributed by atoms with Crippen LogP contribution in [-0.4, -0.2) is 13.7 Å². The molecule has 0 saturated heterocycles. The Bertz CT molecular complexity index is 3070. The van der Waals surface area contributed by atoms with Gasteiger partial charge in [0.05, 0.1) is 33.1 Å². The van der Waals surface area contributed by atoms with Gasteiger partial charge in [0.25, 0.3) is 0 Å². The first kappa shape index (κ1) is 30.9. The largest absolute Gasteiger partial charge is 0.309 e. The summed E-state index contributed by atoms with van der Waals surface area (Å²) in [5, 5.41) is 9.00. The third-order valence-electron chi connectivity index (χ3n) is 10.8. The van der Waals surface area contributed by atoms with Gasteiger partial charge in [-0.1, -0.05) is 152 Å². The highest BCUT2D eigenvalue weighted by atomic mass is 31.1. The first-order chi connectivity index (χ1) is 26.8. The van der Waals surface area contributed by atoms with Crippen LogP contribution in [0.3, 0.4) is 0 Å². The summed E-state index contributed by atoms with van der Waals surface area (Å²) in [5.41, 5.74) is 10.7. The lowest BCUT2D eigenvalue weighted by atomic mass is 10.2. The summed E-state index contributed by atoms with van der Waals surface area (Å²) in [5.74, 6) is 0. The molecule has 254 valence electrons. The molecule has 0 saturated carbocycles. The van der Waals surface area contributed by atoms with Crippen LogP contribution in [0.15, 0.2) is 206 Å². The molecule has 3 aromatic heterocycles. The van der Waals surface area contributed by atoms with Crippen molar-refractivity contribution in [3.05, 3.63) is 206 Å². The number of aromatic nitrogens is 3. The van der Waals surface area contributed by atoms with Crippen molar-refractivity contribution in [2.75, 3.05) is 0 Å². The lowest BCUT2D eigenvalue weighted by Crippen LogP contribution is -2.20. The van der Waals surface area contributed by atoms with E-state index in [-0.39, 0.29) is 0 Å². The maximum Gasteiger partial charge on any atom is 0.0803 e. The van der Waals surface area contributed by atoms with E-state index in [1.54, 1.807) is 0 Å². The van der Waals surface area contributed by atoms with Gasteiger partial charge in [-0.2, -0.15) is 0 Å². The molecule has 0 amide bonds. The zero-order valence-electron chi connectivity index (χ0n) is 29.4. The molecule has 0 aliphatic heterocycles. The van der Waals surface area contributed by atoms with Crippen molar-refractivity contribution in [3.8, 4) is 17.1 Å². The van der Waals surface area contributed by atoms with Crippen molar-refractivity contribution in [3.63, 3.8) is 0 Å². The van der Waals surface area contributed by atoms with E-state index in [4.69, 9.17) is 0 Å². The Balaban J connectivity index is 1.16. The van der Waals surface area contributed by atoms with Crippen molar-refractivity contribution in [1.82, 2.24) is 13.7 Å². The lowest BCUT2D eigenvalue weighted by molar-refractivity contribution is 1.14. The highest BCUT2D eigenvalue weighted by Gasteiger charge is 2.24. The number of rotatable bonds is 6. The van der Waals surface area contributed by atoms with E-state index < -0.39 is 7.92 Å². The van der Waals surface area contributed by atoms with Gasteiger partial charge in [0, 0.05) is 38.6 Å². The van der Waals surface area contributed by atoms with Crippen LogP contribution in [0.2, 0.25) is 0 Å². The molecule has 11 aromatic rings. The van der Waals surface area contributed by atoms with Crippen molar-refractivity contribution in [2.45, 2.75) is 0 Å². The molecule has 0 bridgehead atoms. The third kappa shape index (κ3) is 4.72. The molecule has 3 nitrogen and oxygen atoms in total. The predicted octanol–water partition coefficient (Wildman–Crippen LogP) is 11.6. The zero-order valence-corrected chi connectivity index (χ0v) is 30.3. The minimum Gasteiger partial charge on any atom is -0.309 e. The summed E-state index contributed by atoms with van der Waals surface area (Å²) in [6.45, 7) is 0. The molecule has 4 heteroatoms. The Kier molecular flexibility index (Phi) is 7.15. The fraction of sp³-hybridized carbons (Fsp3) is 0. The quantitative estimate of drug-likeness (QED) is 0.153. The molecule has 54 heavy (non-hydrogen) atoms. The Labute approximate surface area is 314 Å². The van der Waals surface area contributed by atoms with Gasteiger partial charge in [0.1, 0.15) is 0 Å². The number of para-hydroxylation sites is 4. The Morgan fingerprint density at radius 3 is 1.11 bits per heavy atom. The molecule has 0 fully saturated rings. The van der Waals surface area contributed by atoms with Crippen LogP contribution in [0.5, 0.6) is 0 Å². The average Bonchev–Trinajstić information content (AvgIpc) is 3.88. The molecule has 0 aliphatic carbocycles. The maximum absolute atomic E-state index is 2.49. The topological polar surface area (TPSA) is 14.8 Å². The van der Waals surface area contributed by atoms with Crippen molar-refractivity contribution >= 4 is 78.5 Å². The second-order valence-corrected chi connectivity index (χ2v) is 16.0. The van der Waals surface area contributed by atoms with E-state index >= 15 is 0 Å². The van der Waals surface area contributed by atoms with E-state index in [0.717, 1.165) is 11.4 Å². The summed E-state index contributed by atoms with van der Waals surface area (Å²) < 4.78 is 7.38. The summed E-state index contributed by atoms with van der Waals surface area (Å²) in [7, 11) is -0.758. The molecule has 0 unspecified atom stereocenters. The molecule has 3 heterocycles. The van der Waals surface area contributed by atoms with E-state index in [1.165, 1.54) is 76.2 Å². The monoisotopic (exact) mass is 707 g/mol. The fourth-order valence-corrected chi connectivity index (χ4v) is 10.9. The minimum atomic E-state index is -0.758. The van der Waals surface area contributed by atoms with Gasteiger partial charge in [-0.25, -0.2) is 0 Å². The Morgan fingerprint density at radius 1 is 0.259 bits per heavy atom. The Hall–Kier alpha value is -6.67. The molecule has 0 spiro atoms. The first-order valence-electron chi connectivity index (χ1n) is 18.5. The average molecular weight is 708 g/mol. The third-order valence-corrected chi connectivity index (χ3v) is 13.2. The van der Waals surface area contributed by atoms with Crippen LogP contribution in [-0.2, 0) is 0 Å². The van der Waals surface area contributed by atoms with Crippen molar-refractivity contribution < 1.29 is 0 Å². The van der Waals surface area contributed by atoms with Crippen LogP contribution in [0.1, 0.15) is 0 Å². The van der Waals surface area contributed by atoms with Crippen LogP contribution in [0.25, 0.3) is 71.7 Å². The van der Waals surface area contributed by atoms with Gasteiger partial charge in [0.2, 0.25) is 0 Å². The molecule has 0 atom stereocenters. The normalized spacial score (nSPS) is 11.9. The maximum atomic E-state index is 2.49. The smallest absolute Gasteiger partial charge is 0.0803 e. The second kappa shape index (κ2) is 12.5. The first-order valence-corrected chi connectivity index (χ1v) is 19.8. The number of hydrogen-bond donors (Lipinski definition) is 0. The van der Waals surface area contributed by atoms with Gasteiger partial charge in [0.15, 0.2) is 0 Å². The van der Waals surface area contributed by atoms with E-state index in [2.05, 4.69) is 220 Å². The fourth-order valence-electron chi connectivity index (χ4n) is 8.57. The van der Waals surface area contributed by atoms with Crippen LogP contribution >= 0.6 is 7.92 Å². The molecule has 0 radical (unpaired) electrons. The lowest BCUT2D eigenvalue weighted by Gasteiger charge is -2.20. The highest BCUT2D eigenvalue weighted by Crippen LogP contribution is 2.42. The number of hydrogen-bond acceptors (Lipinski definition) is 0. The highest BCUT2D eigenvalue weighted by molar-refractivity contribution is 7.79. The molecular weight excluding hydrogens is 674 g/mol. The summed E-state index contributed by atoms with van der Waals surface area (Å²) >= 11 is 0. The van der Waals surface area contributed by atoms with Gasteiger partial charge in [-0.15, -0.1) is 0 Å². The molecule has 0 N–H and O–H groups in total. The van der Waals surface area contributed by atoms with Crippen LogP contribution in [0.4, 0.5) is 0 Å². The van der Waals surface area contributed by atoms with Crippen molar-refractivity contribution in [2.24, 2.45) is 0 Å². The summed E-state index contributed by atoms with van der Waals surface area (Å²) in [4.78, 5) is 0. The number of benzene rings is 8. The van der Waals surface area contributed by atoms with Crippen molar-refractivity contribution in [1.29, 1.82) is 0 Å². The van der Waals surface area contributed by atoms with Crippen LogP contribution in [0, 0.1) is 0 Å².